The zero-order valence-corrected chi connectivity index (χ0v) is 11.1. The molecule has 0 fully saturated rings. The van der Waals surface area contributed by atoms with Crippen LogP contribution in [-0.2, 0) is 10.3 Å². The second kappa shape index (κ2) is 5.37. The lowest BCUT2D eigenvalue weighted by Gasteiger charge is -2.22. The fraction of sp³-hybridized carbons (Fsp3) is 0.455. The molecule has 0 atom stereocenters. The van der Waals surface area contributed by atoms with E-state index < -0.39 is 10.3 Å². The summed E-state index contributed by atoms with van der Waals surface area (Å²) in [5.41, 5.74) is 2.20. The molecule has 0 bridgehead atoms. The topological polar surface area (TPSA) is 69.6 Å². The third-order valence-corrected chi connectivity index (χ3v) is 3.06. The quantitative estimate of drug-likeness (QED) is 0.793. The van der Waals surface area contributed by atoms with Crippen molar-refractivity contribution in [1.29, 1.82) is 0 Å². The zero-order chi connectivity index (χ0) is 13.1. The van der Waals surface area contributed by atoms with Crippen LogP contribution in [0.3, 0.4) is 0 Å². The highest BCUT2D eigenvalue weighted by Gasteiger charge is 2.08. The lowest BCUT2D eigenvalue weighted by Crippen LogP contribution is -2.22. The monoisotopic (exact) mass is 258 g/mol. The third kappa shape index (κ3) is 3.90. The Labute approximate surface area is 102 Å². The molecule has 0 spiro atoms. The number of benzene rings is 1. The van der Waals surface area contributed by atoms with Crippen molar-refractivity contribution in [3.05, 3.63) is 23.8 Å². The first-order chi connectivity index (χ1) is 7.87. The van der Waals surface area contributed by atoms with Crippen LogP contribution in [0.5, 0.6) is 0 Å². The van der Waals surface area contributed by atoms with Gasteiger partial charge < -0.3 is 4.90 Å². The van der Waals surface area contributed by atoms with Crippen LogP contribution in [0.15, 0.2) is 18.2 Å². The number of hydrogen-bond acceptors (Lipinski definition) is 3. The Kier molecular flexibility index (Phi) is 4.36. The van der Waals surface area contributed by atoms with Gasteiger partial charge in [-0.05, 0) is 44.5 Å². The van der Waals surface area contributed by atoms with E-state index in [0.717, 1.165) is 24.3 Å². The van der Waals surface area contributed by atoms with Gasteiger partial charge in [-0.2, -0.15) is 8.42 Å². The van der Waals surface area contributed by atoms with Crippen molar-refractivity contribution in [2.45, 2.75) is 20.8 Å². The van der Waals surface area contributed by atoms with E-state index in [1.165, 1.54) is 0 Å². The number of anilines is 2. The first-order valence-electron chi connectivity index (χ1n) is 5.48. The maximum absolute atomic E-state index is 10.7. The maximum atomic E-state index is 10.7. The highest BCUT2D eigenvalue weighted by Crippen LogP contribution is 2.23. The van der Waals surface area contributed by atoms with Gasteiger partial charge in [0, 0.05) is 18.8 Å². The van der Waals surface area contributed by atoms with Crippen LogP contribution in [0.1, 0.15) is 19.4 Å². The van der Waals surface area contributed by atoms with Crippen molar-refractivity contribution < 1.29 is 13.0 Å². The summed E-state index contributed by atoms with van der Waals surface area (Å²) >= 11 is 0. The van der Waals surface area contributed by atoms with Gasteiger partial charge in [-0.15, -0.1) is 0 Å². The Hall–Kier alpha value is -1.27. The van der Waals surface area contributed by atoms with Gasteiger partial charge in [0.15, 0.2) is 0 Å². The van der Waals surface area contributed by atoms with Crippen LogP contribution < -0.4 is 9.62 Å². The lowest BCUT2D eigenvalue weighted by atomic mass is 10.1. The SMILES string of the molecule is CCN(CC)c1ccc(NS(=O)(=O)O)c(C)c1. The van der Waals surface area contributed by atoms with E-state index in [1.807, 2.05) is 12.1 Å². The zero-order valence-electron chi connectivity index (χ0n) is 10.3. The van der Waals surface area contributed by atoms with E-state index in [1.54, 1.807) is 13.0 Å². The second-order valence-electron chi connectivity index (χ2n) is 3.75. The summed E-state index contributed by atoms with van der Waals surface area (Å²) in [6, 6.07) is 5.37. The molecule has 1 aromatic carbocycles. The van der Waals surface area contributed by atoms with Crippen LogP contribution in [-0.4, -0.2) is 26.1 Å². The summed E-state index contributed by atoms with van der Waals surface area (Å²) in [6.45, 7) is 7.69. The summed E-state index contributed by atoms with van der Waals surface area (Å²) < 4.78 is 32.2. The largest absolute Gasteiger partial charge is 0.372 e. The molecule has 5 nitrogen and oxygen atoms in total. The molecule has 0 aliphatic heterocycles. The molecule has 0 radical (unpaired) electrons. The number of nitrogens with one attached hydrogen (secondary N) is 1. The van der Waals surface area contributed by atoms with E-state index in [4.69, 9.17) is 4.55 Å². The molecule has 1 aromatic rings. The molecule has 17 heavy (non-hydrogen) atoms. The van der Waals surface area contributed by atoms with Gasteiger partial charge in [-0.1, -0.05) is 0 Å². The summed E-state index contributed by atoms with van der Waals surface area (Å²) in [4.78, 5) is 2.16. The molecule has 0 saturated carbocycles. The minimum Gasteiger partial charge on any atom is -0.372 e. The Morgan fingerprint density at radius 3 is 2.29 bits per heavy atom. The van der Waals surface area contributed by atoms with Crippen LogP contribution in [0.4, 0.5) is 11.4 Å². The average molecular weight is 258 g/mol. The lowest BCUT2D eigenvalue weighted by molar-refractivity contribution is 0.489. The third-order valence-electron chi connectivity index (χ3n) is 2.58. The van der Waals surface area contributed by atoms with Crippen LogP contribution in [0.25, 0.3) is 0 Å². The summed E-state index contributed by atoms with van der Waals surface area (Å²) in [7, 11) is -4.21. The van der Waals surface area contributed by atoms with Crippen molar-refractivity contribution >= 4 is 21.7 Å². The van der Waals surface area contributed by atoms with Gasteiger partial charge in [-0.25, -0.2) is 0 Å². The maximum Gasteiger partial charge on any atom is 0.357 e. The van der Waals surface area contributed by atoms with Crippen molar-refractivity contribution in [1.82, 2.24) is 0 Å². The number of hydrogen-bond donors (Lipinski definition) is 2. The minimum absolute atomic E-state index is 0.392. The second-order valence-corrected chi connectivity index (χ2v) is 4.90. The minimum atomic E-state index is -4.21. The molecule has 6 heteroatoms. The number of aryl methyl sites for hydroxylation is 1. The Balaban J connectivity index is 3.01. The molecule has 2 N–H and O–H groups in total. The Bertz CT molecular complexity index is 481. The fourth-order valence-corrected chi connectivity index (χ4v) is 2.19. The normalized spacial score (nSPS) is 11.3. The number of rotatable bonds is 5. The highest BCUT2D eigenvalue weighted by molar-refractivity contribution is 7.87. The van der Waals surface area contributed by atoms with Crippen LogP contribution in [0, 0.1) is 6.92 Å². The highest BCUT2D eigenvalue weighted by atomic mass is 32.2. The smallest absolute Gasteiger partial charge is 0.357 e. The van der Waals surface area contributed by atoms with E-state index in [0.29, 0.717) is 5.69 Å². The van der Waals surface area contributed by atoms with E-state index in [-0.39, 0.29) is 0 Å². The summed E-state index contributed by atoms with van der Waals surface area (Å²) in [5.74, 6) is 0. The van der Waals surface area contributed by atoms with E-state index >= 15 is 0 Å². The number of nitrogens with zero attached hydrogens (tertiary/aromatic N) is 1. The molecule has 0 amide bonds. The summed E-state index contributed by atoms with van der Waals surface area (Å²) in [6.07, 6.45) is 0. The van der Waals surface area contributed by atoms with Gasteiger partial charge >= 0.3 is 10.3 Å². The molecule has 1 rings (SSSR count). The Morgan fingerprint density at radius 1 is 1.29 bits per heavy atom. The first-order valence-corrected chi connectivity index (χ1v) is 6.92. The fourth-order valence-electron chi connectivity index (χ4n) is 1.69. The predicted molar refractivity (Wildman–Crippen MR) is 69.9 cm³/mol. The molecule has 0 unspecified atom stereocenters. The van der Waals surface area contributed by atoms with Gasteiger partial charge in [-0.3, -0.25) is 9.27 Å². The van der Waals surface area contributed by atoms with Crippen LogP contribution >= 0.6 is 0 Å². The molecule has 0 aliphatic rings. The molecule has 96 valence electrons. The summed E-state index contributed by atoms with van der Waals surface area (Å²) in [5, 5.41) is 0. The van der Waals surface area contributed by atoms with Crippen molar-refractivity contribution in [3.63, 3.8) is 0 Å². The molecule has 0 saturated heterocycles. The van der Waals surface area contributed by atoms with E-state index in [2.05, 4.69) is 23.5 Å². The van der Waals surface area contributed by atoms with Crippen LogP contribution in [0.2, 0.25) is 0 Å². The van der Waals surface area contributed by atoms with Crippen molar-refractivity contribution in [2.24, 2.45) is 0 Å². The van der Waals surface area contributed by atoms with Gasteiger partial charge in [0.25, 0.3) is 0 Å². The molecule has 0 aliphatic carbocycles. The van der Waals surface area contributed by atoms with Crippen molar-refractivity contribution in [2.75, 3.05) is 22.7 Å². The van der Waals surface area contributed by atoms with Gasteiger partial charge in [0.2, 0.25) is 0 Å². The first kappa shape index (κ1) is 13.8. The Morgan fingerprint density at radius 2 is 1.88 bits per heavy atom. The molecule has 0 aromatic heterocycles. The average Bonchev–Trinajstić information content (AvgIpc) is 2.22. The standard InChI is InChI=1S/C11H18N2O3S/c1-4-13(5-2)10-6-7-11(9(3)8-10)12-17(14,15)16/h6-8,12H,4-5H2,1-3H3,(H,14,15,16). The molecular weight excluding hydrogens is 240 g/mol. The molecule has 0 heterocycles. The molecular formula is C11H18N2O3S. The van der Waals surface area contributed by atoms with Gasteiger partial charge in [0.1, 0.15) is 0 Å². The van der Waals surface area contributed by atoms with Gasteiger partial charge in [0.05, 0.1) is 5.69 Å². The predicted octanol–water partition coefficient (Wildman–Crippen LogP) is 2.06. The van der Waals surface area contributed by atoms with Crippen molar-refractivity contribution in [3.8, 4) is 0 Å². The van der Waals surface area contributed by atoms with E-state index in [9.17, 15) is 8.42 Å².